The van der Waals surface area contributed by atoms with E-state index in [1.54, 1.807) is 0 Å². The Kier molecular flexibility index (Phi) is 13.2. The SMILES string of the molecule is COC(=O)COCCOCCOCCOCCO[Si](c1ccccc1)(c1ccccc1)C(C)(C)C. The highest BCUT2D eigenvalue weighted by molar-refractivity contribution is 6.99. The second kappa shape index (κ2) is 15.8. The van der Waals surface area contributed by atoms with Gasteiger partial charge in [0.1, 0.15) is 6.61 Å². The molecule has 194 valence electrons. The van der Waals surface area contributed by atoms with Gasteiger partial charge in [-0.2, -0.15) is 0 Å². The van der Waals surface area contributed by atoms with Crippen LogP contribution in [-0.4, -0.2) is 80.9 Å². The highest BCUT2D eigenvalue weighted by atomic mass is 28.4. The molecular formula is C27H40O7Si. The van der Waals surface area contributed by atoms with Crippen LogP contribution in [0.4, 0.5) is 0 Å². The number of methoxy groups -OCH3 is 1. The van der Waals surface area contributed by atoms with Crippen LogP contribution in [0.15, 0.2) is 60.7 Å². The van der Waals surface area contributed by atoms with E-state index in [0.717, 1.165) is 0 Å². The van der Waals surface area contributed by atoms with Gasteiger partial charge in [-0.1, -0.05) is 81.4 Å². The van der Waals surface area contributed by atoms with Gasteiger partial charge in [-0.05, 0) is 15.4 Å². The largest absolute Gasteiger partial charge is 0.467 e. The van der Waals surface area contributed by atoms with Crippen LogP contribution in [0.5, 0.6) is 0 Å². The number of rotatable bonds is 17. The predicted octanol–water partition coefficient (Wildman–Crippen LogP) is 2.80. The van der Waals surface area contributed by atoms with Crippen LogP contribution < -0.4 is 10.4 Å². The number of esters is 1. The molecule has 2 rings (SSSR count). The minimum absolute atomic E-state index is 0.0524. The lowest BCUT2D eigenvalue weighted by Gasteiger charge is -2.43. The lowest BCUT2D eigenvalue weighted by Crippen LogP contribution is -2.66. The van der Waals surface area contributed by atoms with Crippen LogP contribution in [0.2, 0.25) is 5.04 Å². The lowest BCUT2D eigenvalue weighted by atomic mass is 10.2. The fraction of sp³-hybridized carbons (Fsp3) is 0.519. The summed E-state index contributed by atoms with van der Waals surface area (Å²) in [4.78, 5) is 10.9. The molecule has 0 aliphatic carbocycles. The summed E-state index contributed by atoms with van der Waals surface area (Å²) in [6.07, 6.45) is 0. The van der Waals surface area contributed by atoms with E-state index in [-0.39, 0.29) is 11.6 Å². The Bertz CT molecular complexity index is 785. The molecule has 2 aromatic rings. The van der Waals surface area contributed by atoms with Crippen molar-refractivity contribution in [3.63, 3.8) is 0 Å². The summed E-state index contributed by atoms with van der Waals surface area (Å²) in [6.45, 7) is 10.4. The summed E-state index contributed by atoms with van der Waals surface area (Å²) in [5.74, 6) is -0.398. The Balaban J connectivity index is 1.71. The number of carbonyl (C=O) groups excluding carboxylic acids is 1. The maximum atomic E-state index is 10.9. The Morgan fingerprint density at radius 1 is 0.657 bits per heavy atom. The third-order valence-electron chi connectivity index (χ3n) is 5.53. The second-order valence-corrected chi connectivity index (χ2v) is 13.3. The Hall–Kier alpha value is -2.07. The Morgan fingerprint density at radius 2 is 1.06 bits per heavy atom. The van der Waals surface area contributed by atoms with Crippen molar-refractivity contribution in [1.82, 2.24) is 0 Å². The number of benzene rings is 2. The summed E-state index contributed by atoms with van der Waals surface area (Å²) in [7, 11) is -1.20. The van der Waals surface area contributed by atoms with Gasteiger partial charge in [0.05, 0.1) is 60.0 Å². The van der Waals surface area contributed by atoms with Crippen molar-refractivity contribution in [1.29, 1.82) is 0 Å². The van der Waals surface area contributed by atoms with E-state index < -0.39 is 14.3 Å². The van der Waals surface area contributed by atoms with Gasteiger partial charge >= 0.3 is 5.97 Å². The average Bonchev–Trinajstić information content (AvgIpc) is 2.86. The van der Waals surface area contributed by atoms with Crippen molar-refractivity contribution in [3.05, 3.63) is 60.7 Å². The molecule has 0 N–H and O–H groups in total. The first-order chi connectivity index (χ1) is 16.9. The van der Waals surface area contributed by atoms with Gasteiger partial charge < -0.3 is 28.1 Å². The molecule has 0 spiro atoms. The molecule has 7 nitrogen and oxygen atoms in total. The van der Waals surface area contributed by atoms with Gasteiger partial charge in [0, 0.05) is 0 Å². The minimum Gasteiger partial charge on any atom is -0.467 e. The Labute approximate surface area is 210 Å². The van der Waals surface area contributed by atoms with Gasteiger partial charge in [0.25, 0.3) is 8.32 Å². The third kappa shape index (κ3) is 9.48. The fourth-order valence-corrected chi connectivity index (χ4v) is 8.43. The highest BCUT2D eigenvalue weighted by Crippen LogP contribution is 2.36. The topological polar surface area (TPSA) is 72.5 Å². The average molecular weight is 505 g/mol. The summed E-state index contributed by atoms with van der Waals surface area (Å²) in [5, 5.41) is 2.47. The van der Waals surface area contributed by atoms with E-state index in [9.17, 15) is 4.79 Å². The molecule has 8 heteroatoms. The summed E-state index contributed by atoms with van der Waals surface area (Å²) < 4.78 is 33.1. The molecule has 35 heavy (non-hydrogen) atoms. The zero-order chi connectivity index (χ0) is 25.4. The van der Waals surface area contributed by atoms with Crippen LogP contribution in [-0.2, 0) is 32.9 Å². The first-order valence-corrected chi connectivity index (χ1v) is 14.0. The molecule has 0 saturated heterocycles. The van der Waals surface area contributed by atoms with Crippen molar-refractivity contribution < 1.29 is 32.9 Å². The highest BCUT2D eigenvalue weighted by Gasteiger charge is 2.49. The predicted molar refractivity (Wildman–Crippen MR) is 139 cm³/mol. The van der Waals surface area contributed by atoms with E-state index in [2.05, 4.69) is 74.0 Å². The van der Waals surface area contributed by atoms with Gasteiger partial charge in [-0.15, -0.1) is 0 Å². The zero-order valence-electron chi connectivity index (χ0n) is 21.5. The number of carbonyl (C=O) groups is 1. The lowest BCUT2D eigenvalue weighted by molar-refractivity contribution is -0.146. The molecule has 0 radical (unpaired) electrons. The van der Waals surface area contributed by atoms with E-state index in [1.165, 1.54) is 17.5 Å². The summed E-state index contributed by atoms with van der Waals surface area (Å²) in [5.41, 5.74) is 0. The molecule has 0 heterocycles. The molecule has 0 aliphatic heterocycles. The fourth-order valence-electron chi connectivity index (χ4n) is 3.89. The van der Waals surface area contributed by atoms with Crippen LogP contribution in [0.25, 0.3) is 0 Å². The van der Waals surface area contributed by atoms with Crippen LogP contribution in [0, 0.1) is 0 Å². The van der Waals surface area contributed by atoms with Crippen molar-refractivity contribution in [3.8, 4) is 0 Å². The molecule has 0 atom stereocenters. The normalized spacial score (nSPS) is 12.0. The first-order valence-electron chi connectivity index (χ1n) is 12.0. The van der Waals surface area contributed by atoms with E-state index in [0.29, 0.717) is 52.9 Å². The second-order valence-electron chi connectivity index (χ2n) is 8.98. The number of hydrogen-bond acceptors (Lipinski definition) is 7. The number of hydrogen-bond donors (Lipinski definition) is 0. The third-order valence-corrected chi connectivity index (χ3v) is 10.6. The Morgan fingerprint density at radius 3 is 1.46 bits per heavy atom. The van der Waals surface area contributed by atoms with Gasteiger partial charge in [0.2, 0.25) is 0 Å². The molecule has 0 bridgehead atoms. The molecule has 0 unspecified atom stereocenters. The summed E-state index contributed by atoms with van der Waals surface area (Å²) in [6, 6.07) is 21.2. The number of ether oxygens (including phenoxy) is 5. The maximum Gasteiger partial charge on any atom is 0.331 e. The first kappa shape index (κ1) is 29.2. The minimum atomic E-state index is -2.52. The molecule has 0 aliphatic rings. The van der Waals surface area contributed by atoms with E-state index in [4.69, 9.17) is 23.4 Å². The monoisotopic (exact) mass is 504 g/mol. The van der Waals surface area contributed by atoms with E-state index >= 15 is 0 Å². The van der Waals surface area contributed by atoms with Gasteiger partial charge in [-0.25, -0.2) is 4.79 Å². The van der Waals surface area contributed by atoms with Gasteiger partial charge in [0.15, 0.2) is 0 Å². The molecule has 2 aromatic carbocycles. The van der Waals surface area contributed by atoms with Gasteiger partial charge in [-0.3, -0.25) is 0 Å². The molecule has 0 amide bonds. The standard InChI is InChI=1S/C27H40O7Si/c1-27(2,3)35(24-11-7-5-8-12-24,25-13-9-6-10-14-25)34-22-21-32-18-17-30-15-16-31-19-20-33-23-26(28)29-4/h5-14H,15-23H2,1-4H3. The molecule has 0 aromatic heterocycles. The smallest absolute Gasteiger partial charge is 0.331 e. The van der Waals surface area contributed by atoms with Crippen molar-refractivity contribution in [2.24, 2.45) is 0 Å². The van der Waals surface area contributed by atoms with Crippen LogP contribution in [0.1, 0.15) is 20.8 Å². The van der Waals surface area contributed by atoms with Crippen molar-refractivity contribution in [2.75, 3.05) is 66.6 Å². The quantitative estimate of drug-likeness (QED) is 0.186. The maximum absolute atomic E-state index is 10.9. The van der Waals surface area contributed by atoms with Crippen LogP contribution in [0.3, 0.4) is 0 Å². The van der Waals surface area contributed by atoms with Crippen LogP contribution >= 0.6 is 0 Å². The molecule has 0 fully saturated rings. The van der Waals surface area contributed by atoms with E-state index in [1.807, 2.05) is 12.1 Å². The molecular weight excluding hydrogens is 464 g/mol. The van der Waals surface area contributed by atoms with Crippen molar-refractivity contribution in [2.45, 2.75) is 25.8 Å². The summed E-state index contributed by atoms with van der Waals surface area (Å²) >= 11 is 0. The zero-order valence-corrected chi connectivity index (χ0v) is 22.5. The molecule has 0 saturated carbocycles. The van der Waals surface area contributed by atoms with Crippen molar-refractivity contribution >= 4 is 24.7 Å².